The van der Waals surface area contributed by atoms with Crippen LogP contribution in [-0.4, -0.2) is 36.9 Å². The molecule has 0 unspecified atom stereocenters. The lowest BCUT2D eigenvalue weighted by molar-refractivity contribution is -0.169. The van der Waals surface area contributed by atoms with E-state index >= 15 is 0 Å². The van der Waals surface area contributed by atoms with E-state index in [1.165, 1.54) is 18.1 Å². The smallest absolute Gasteiger partial charge is 0.393 e. The number of methoxy groups -OCH3 is 1. The molecule has 1 N–H and O–H groups in total. The molecule has 3 aromatic rings. The summed E-state index contributed by atoms with van der Waals surface area (Å²) in [4.78, 5) is 12.7. The average molecular weight is 518 g/mol. The monoisotopic (exact) mass is 517 g/mol. The Hall–Kier alpha value is -3.75. The van der Waals surface area contributed by atoms with Gasteiger partial charge in [-0.3, -0.25) is 4.79 Å². The SMILES string of the molecule is COc1ccc(F)c(Cc2cccc(Oc3ccc(N4C[C@@H](C(F)(F)F)C[C@H]4CC(=O)O)cc3)c2C)c1. The fourth-order valence-electron chi connectivity index (χ4n) is 4.68. The number of hydrogen-bond donors (Lipinski definition) is 1. The van der Waals surface area contributed by atoms with Crippen LogP contribution in [0.3, 0.4) is 0 Å². The van der Waals surface area contributed by atoms with Crippen LogP contribution in [0.25, 0.3) is 0 Å². The van der Waals surface area contributed by atoms with E-state index in [1.54, 1.807) is 42.5 Å². The number of carboxylic acids is 1. The Morgan fingerprint density at radius 2 is 1.76 bits per heavy atom. The zero-order valence-corrected chi connectivity index (χ0v) is 20.4. The van der Waals surface area contributed by atoms with Crippen LogP contribution in [0.15, 0.2) is 60.7 Å². The lowest BCUT2D eigenvalue weighted by Crippen LogP contribution is -2.32. The molecule has 0 aliphatic carbocycles. The number of carboxylic acid groups (broad SMARTS) is 1. The molecule has 37 heavy (non-hydrogen) atoms. The number of carbonyl (C=O) groups is 1. The first-order chi connectivity index (χ1) is 17.5. The number of ether oxygens (including phenoxy) is 2. The van der Waals surface area contributed by atoms with E-state index in [9.17, 15) is 22.4 Å². The number of anilines is 1. The van der Waals surface area contributed by atoms with Gasteiger partial charge in [0, 0.05) is 24.7 Å². The van der Waals surface area contributed by atoms with Gasteiger partial charge in [-0.25, -0.2) is 4.39 Å². The molecule has 1 fully saturated rings. The van der Waals surface area contributed by atoms with Crippen LogP contribution in [0, 0.1) is 18.7 Å². The first-order valence-corrected chi connectivity index (χ1v) is 11.8. The van der Waals surface area contributed by atoms with Crippen molar-refractivity contribution in [3.05, 3.63) is 83.2 Å². The van der Waals surface area contributed by atoms with Crippen molar-refractivity contribution < 1.29 is 36.9 Å². The van der Waals surface area contributed by atoms with E-state index in [1.807, 2.05) is 19.1 Å². The number of halogens is 4. The fraction of sp³-hybridized carbons (Fsp3) is 0.321. The Labute approximate surface area is 212 Å². The predicted octanol–water partition coefficient (Wildman–Crippen LogP) is 6.76. The van der Waals surface area contributed by atoms with Crippen molar-refractivity contribution >= 4 is 11.7 Å². The van der Waals surface area contributed by atoms with E-state index < -0.39 is 24.1 Å². The Morgan fingerprint density at radius 1 is 1.05 bits per heavy atom. The number of benzene rings is 3. The first-order valence-electron chi connectivity index (χ1n) is 11.8. The van der Waals surface area contributed by atoms with E-state index in [0.29, 0.717) is 34.9 Å². The van der Waals surface area contributed by atoms with Crippen LogP contribution in [-0.2, 0) is 11.2 Å². The molecule has 2 atom stereocenters. The van der Waals surface area contributed by atoms with Crippen LogP contribution in [0.5, 0.6) is 17.2 Å². The summed E-state index contributed by atoms with van der Waals surface area (Å²) >= 11 is 0. The van der Waals surface area contributed by atoms with Crippen molar-refractivity contribution in [2.24, 2.45) is 5.92 Å². The summed E-state index contributed by atoms with van der Waals surface area (Å²) in [6, 6.07) is 15.9. The third-order valence-corrected chi connectivity index (χ3v) is 6.71. The molecule has 0 saturated carbocycles. The summed E-state index contributed by atoms with van der Waals surface area (Å²) in [6.07, 6.45) is -4.67. The maximum atomic E-state index is 14.3. The van der Waals surface area contributed by atoms with Gasteiger partial charge in [-0.1, -0.05) is 12.1 Å². The van der Waals surface area contributed by atoms with Crippen molar-refractivity contribution in [1.82, 2.24) is 0 Å². The van der Waals surface area contributed by atoms with Gasteiger partial charge in [0.2, 0.25) is 0 Å². The minimum absolute atomic E-state index is 0.256. The third-order valence-electron chi connectivity index (χ3n) is 6.71. The Balaban J connectivity index is 1.51. The predicted molar refractivity (Wildman–Crippen MR) is 131 cm³/mol. The molecule has 0 spiro atoms. The number of alkyl halides is 3. The summed E-state index contributed by atoms with van der Waals surface area (Å²) in [7, 11) is 1.52. The largest absolute Gasteiger partial charge is 0.497 e. The number of nitrogens with zero attached hydrogens (tertiary/aromatic N) is 1. The van der Waals surface area contributed by atoms with Gasteiger partial charge in [-0.05, 0) is 78.6 Å². The average Bonchev–Trinajstić information content (AvgIpc) is 3.27. The summed E-state index contributed by atoms with van der Waals surface area (Å²) in [5.41, 5.74) is 2.68. The van der Waals surface area contributed by atoms with Crippen molar-refractivity contribution in [1.29, 1.82) is 0 Å². The number of hydrogen-bond acceptors (Lipinski definition) is 4. The van der Waals surface area contributed by atoms with E-state index in [-0.39, 0.29) is 25.2 Å². The van der Waals surface area contributed by atoms with Crippen molar-refractivity contribution in [3.8, 4) is 17.2 Å². The van der Waals surface area contributed by atoms with Crippen LogP contribution in [0.2, 0.25) is 0 Å². The zero-order valence-electron chi connectivity index (χ0n) is 20.4. The maximum Gasteiger partial charge on any atom is 0.393 e. The van der Waals surface area contributed by atoms with E-state index in [0.717, 1.165) is 11.1 Å². The van der Waals surface area contributed by atoms with Gasteiger partial charge in [-0.15, -0.1) is 0 Å². The lowest BCUT2D eigenvalue weighted by Gasteiger charge is -2.26. The van der Waals surface area contributed by atoms with Crippen LogP contribution < -0.4 is 14.4 Å². The van der Waals surface area contributed by atoms with Crippen molar-refractivity contribution in [2.45, 2.75) is 38.4 Å². The van der Waals surface area contributed by atoms with Gasteiger partial charge in [-0.2, -0.15) is 13.2 Å². The van der Waals surface area contributed by atoms with Crippen molar-refractivity contribution in [2.75, 3.05) is 18.6 Å². The highest BCUT2D eigenvalue weighted by atomic mass is 19.4. The molecule has 1 aliphatic rings. The molecule has 0 aromatic heterocycles. The minimum Gasteiger partial charge on any atom is -0.497 e. The zero-order chi connectivity index (χ0) is 26.7. The molecular formula is C28H27F4NO4. The molecule has 1 heterocycles. The molecule has 1 aliphatic heterocycles. The molecular weight excluding hydrogens is 490 g/mol. The van der Waals surface area contributed by atoms with Gasteiger partial charge >= 0.3 is 12.1 Å². The minimum atomic E-state index is -4.38. The normalized spacial score (nSPS) is 17.6. The summed E-state index contributed by atoms with van der Waals surface area (Å²) in [5, 5.41) is 9.16. The Morgan fingerprint density at radius 3 is 2.41 bits per heavy atom. The number of aliphatic carboxylic acids is 1. The van der Waals surface area contributed by atoms with Crippen LogP contribution in [0.1, 0.15) is 29.5 Å². The lowest BCUT2D eigenvalue weighted by atomic mass is 9.99. The molecule has 0 bridgehead atoms. The van der Waals surface area contributed by atoms with Crippen LogP contribution >= 0.6 is 0 Å². The third kappa shape index (κ3) is 6.15. The molecule has 9 heteroatoms. The quantitative estimate of drug-likeness (QED) is 0.335. The Bertz CT molecular complexity index is 1260. The Kier molecular flexibility index (Phi) is 7.61. The van der Waals surface area contributed by atoms with Gasteiger partial charge in [0.05, 0.1) is 19.4 Å². The molecule has 4 rings (SSSR count). The molecule has 196 valence electrons. The summed E-state index contributed by atoms with van der Waals surface area (Å²) < 4.78 is 65.5. The maximum absolute atomic E-state index is 14.3. The van der Waals surface area contributed by atoms with Crippen LogP contribution in [0.4, 0.5) is 23.2 Å². The van der Waals surface area contributed by atoms with Gasteiger partial charge in [0.1, 0.15) is 23.1 Å². The number of rotatable bonds is 8. The van der Waals surface area contributed by atoms with Crippen molar-refractivity contribution in [3.63, 3.8) is 0 Å². The topological polar surface area (TPSA) is 59.0 Å². The van der Waals surface area contributed by atoms with Gasteiger partial charge < -0.3 is 19.5 Å². The van der Waals surface area contributed by atoms with Gasteiger partial charge in [0.15, 0.2) is 0 Å². The molecule has 5 nitrogen and oxygen atoms in total. The molecule has 0 radical (unpaired) electrons. The second kappa shape index (κ2) is 10.7. The standard InChI is InChI=1S/C28H27F4NO4/c1-17-18(12-19-13-24(36-2)10-11-25(19)29)4-3-5-26(17)37-23-8-6-21(7-9-23)33-16-20(28(30,31)32)14-22(33)15-27(34)35/h3-11,13,20,22H,12,14-16H2,1-2H3,(H,34,35)/t20-,22-/m0/s1. The molecule has 3 aromatic carbocycles. The second-order valence-corrected chi connectivity index (χ2v) is 9.15. The highest BCUT2D eigenvalue weighted by Crippen LogP contribution is 2.40. The van der Waals surface area contributed by atoms with Gasteiger partial charge in [0.25, 0.3) is 0 Å². The molecule has 0 amide bonds. The first kappa shape index (κ1) is 26.3. The summed E-state index contributed by atoms with van der Waals surface area (Å²) in [6.45, 7) is 1.58. The fourth-order valence-corrected chi connectivity index (χ4v) is 4.68. The second-order valence-electron chi connectivity index (χ2n) is 9.15. The van der Waals surface area contributed by atoms with E-state index in [4.69, 9.17) is 14.6 Å². The highest BCUT2D eigenvalue weighted by molar-refractivity contribution is 5.69. The summed E-state index contributed by atoms with van der Waals surface area (Å²) in [5.74, 6) is -1.45. The highest BCUT2D eigenvalue weighted by Gasteiger charge is 2.47. The van der Waals surface area contributed by atoms with E-state index in [2.05, 4.69) is 0 Å². The molecule has 1 saturated heterocycles.